The Labute approximate surface area is 139 Å². The summed E-state index contributed by atoms with van der Waals surface area (Å²) in [7, 11) is 1.68. The van der Waals surface area contributed by atoms with Gasteiger partial charge in [0.2, 0.25) is 0 Å². The fourth-order valence-corrected chi connectivity index (χ4v) is 4.48. The number of Topliss-reactive ketones (excluding diaryl/α,β-unsaturated/α-hetero) is 1. The molecule has 122 valence electrons. The Balaban J connectivity index is 2.02. The summed E-state index contributed by atoms with van der Waals surface area (Å²) in [6.07, 6.45) is 6.88. The van der Waals surface area contributed by atoms with Gasteiger partial charge in [-0.2, -0.15) is 0 Å². The molecule has 23 heavy (non-hydrogen) atoms. The topological polar surface area (TPSA) is 26.3 Å². The highest BCUT2D eigenvalue weighted by atomic mass is 16.5. The SMILES string of the molecule is C=CCc1cc(C=C2C(=O)C3(C)CCC2C3(C)C)ccc1OC. The number of ketones is 1. The Morgan fingerprint density at radius 3 is 2.65 bits per heavy atom. The smallest absolute Gasteiger partial charge is 0.165 e. The number of benzene rings is 1. The van der Waals surface area contributed by atoms with Crippen LogP contribution in [0, 0.1) is 16.7 Å². The second-order valence-electron chi connectivity index (χ2n) is 7.64. The second-order valence-corrected chi connectivity index (χ2v) is 7.64. The summed E-state index contributed by atoms with van der Waals surface area (Å²) in [6.45, 7) is 10.5. The number of hydrogen-bond acceptors (Lipinski definition) is 2. The zero-order valence-electron chi connectivity index (χ0n) is 14.6. The maximum absolute atomic E-state index is 12.9. The van der Waals surface area contributed by atoms with Crippen LogP contribution in [0.4, 0.5) is 0 Å². The first kappa shape index (κ1) is 16.0. The third kappa shape index (κ3) is 2.19. The van der Waals surface area contributed by atoms with Crippen molar-refractivity contribution in [2.45, 2.75) is 40.0 Å². The Kier molecular flexibility index (Phi) is 3.74. The lowest BCUT2D eigenvalue weighted by Gasteiger charge is -2.31. The van der Waals surface area contributed by atoms with Crippen LogP contribution >= 0.6 is 0 Å². The first-order valence-electron chi connectivity index (χ1n) is 8.39. The van der Waals surface area contributed by atoms with Crippen molar-refractivity contribution in [2.75, 3.05) is 7.11 Å². The Bertz CT molecular complexity index is 696. The van der Waals surface area contributed by atoms with E-state index < -0.39 is 0 Å². The highest BCUT2D eigenvalue weighted by Crippen LogP contribution is 2.65. The van der Waals surface area contributed by atoms with Crippen molar-refractivity contribution in [2.24, 2.45) is 16.7 Å². The highest BCUT2D eigenvalue weighted by Gasteiger charge is 2.63. The molecule has 0 N–H and O–H groups in total. The van der Waals surface area contributed by atoms with Crippen LogP contribution in [-0.4, -0.2) is 12.9 Å². The Hall–Kier alpha value is -1.83. The molecule has 1 aromatic carbocycles. The van der Waals surface area contributed by atoms with E-state index in [0.717, 1.165) is 41.7 Å². The maximum Gasteiger partial charge on any atom is 0.165 e. The van der Waals surface area contributed by atoms with Gasteiger partial charge in [-0.1, -0.05) is 32.9 Å². The molecule has 0 amide bonds. The van der Waals surface area contributed by atoms with Gasteiger partial charge in [0.1, 0.15) is 5.75 Å². The standard InChI is InChI=1S/C21H26O2/c1-6-7-15-12-14(8-9-18(15)23-5)13-16-17-10-11-21(4,19(16)22)20(17,2)3/h6,8-9,12-13,17H,1,7,10-11H2,2-5H3. The van der Waals surface area contributed by atoms with Crippen LogP contribution in [-0.2, 0) is 11.2 Å². The van der Waals surface area contributed by atoms with E-state index in [0.29, 0.717) is 11.7 Å². The summed E-state index contributed by atoms with van der Waals surface area (Å²) in [5, 5.41) is 0. The van der Waals surface area contributed by atoms with Gasteiger partial charge in [0, 0.05) is 5.41 Å². The van der Waals surface area contributed by atoms with Crippen LogP contribution in [0.15, 0.2) is 36.4 Å². The van der Waals surface area contributed by atoms with Crippen LogP contribution in [0.25, 0.3) is 6.08 Å². The zero-order chi connectivity index (χ0) is 16.8. The molecule has 2 aliphatic carbocycles. The van der Waals surface area contributed by atoms with Crippen molar-refractivity contribution in [3.05, 3.63) is 47.6 Å². The van der Waals surface area contributed by atoms with E-state index in [9.17, 15) is 4.79 Å². The quantitative estimate of drug-likeness (QED) is 0.588. The molecular weight excluding hydrogens is 284 g/mol. The Morgan fingerprint density at radius 2 is 2.09 bits per heavy atom. The molecule has 2 heteroatoms. The third-order valence-corrected chi connectivity index (χ3v) is 6.36. The lowest BCUT2D eigenvalue weighted by Crippen LogP contribution is -2.32. The predicted molar refractivity (Wildman–Crippen MR) is 94.5 cm³/mol. The summed E-state index contributed by atoms with van der Waals surface area (Å²) in [6, 6.07) is 6.13. The van der Waals surface area contributed by atoms with Gasteiger partial charge in [-0.3, -0.25) is 4.79 Å². The zero-order valence-corrected chi connectivity index (χ0v) is 14.6. The van der Waals surface area contributed by atoms with Crippen molar-refractivity contribution in [3.8, 4) is 5.75 Å². The van der Waals surface area contributed by atoms with Crippen molar-refractivity contribution < 1.29 is 9.53 Å². The van der Waals surface area contributed by atoms with Crippen molar-refractivity contribution >= 4 is 11.9 Å². The van der Waals surface area contributed by atoms with E-state index in [4.69, 9.17) is 4.74 Å². The molecule has 0 aromatic heterocycles. The number of ether oxygens (including phenoxy) is 1. The summed E-state index contributed by atoms with van der Waals surface area (Å²) >= 11 is 0. The molecule has 2 saturated carbocycles. The molecule has 2 unspecified atom stereocenters. The van der Waals surface area contributed by atoms with Crippen LogP contribution in [0.3, 0.4) is 0 Å². The highest BCUT2D eigenvalue weighted by molar-refractivity contribution is 6.07. The lowest BCUT2D eigenvalue weighted by molar-refractivity contribution is -0.125. The average molecular weight is 310 g/mol. The molecule has 2 bridgehead atoms. The van der Waals surface area contributed by atoms with Gasteiger partial charge in [-0.05, 0) is 65.5 Å². The van der Waals surface area contributed by atoms with Gasteiger partial charge in [0.05, 0.1) is 7.11 Å². The summed E-state index contributed by atoms with van der Waals surface area (Å²) in [4.78, 5) is 12.9. The number of carbonyl (C=O) groups is 1. The molecule has 2 aliphatic rings. The van der Waals surface area contributed by atoms with Crippen LogP contribution < -0.4 is 4.74 Å². The average Bonchev–Trinajstić information content (AvgIpc) is 2.82. The molecule has 0 heterocycles. The van der Waals surface area contributed by atoms with E-state index in [1.165, 1.54) is 0 Å². The van der Waals surface area contributed by atoms with Gasteiger partial charge >= 0.3 is 0 Å². The third-order valence-electron chi connectivity index (χ3n) is 6.36. The minimum atomic E-state index is -0.195. The van der Waals surface area contributed by atoms with Gasteiger partial charge < -0.3 is 4.74 Å². The molecule has 0 radical (unpaired) electrons. The van der Waals surface area contributed by atoms with Crippen LogP contribution in [0.2, 0.25) is 0 Å². The molecule has 0 aliphatic heterocycles. The predicted octanol–water partition coefficient (Wildman–Crippen LogP) is 4.83. The molecule has 2 nitrogen and oxygen atoms in total. The van der Waals surface area contributed by atoms with Gasteiger partial charge in [-0.15, -0.1) is 6.58 Å². The molecule has 3 rings (SSSR count). The summed E-state index contributed by atoms with van der Waals surface area (Å²) < 4.78 is 5.41. The van der Waals surface area contributed by atoms with Crippen molar-refractivity contribution in [3.63, 3.8) is 0 Å². The van der Waals surface area contributed by atoms with Gasteiger partial charge in [0.25, 0.3) is 0 Å². The molecule has 0 spiro atoms. The van der Waals surface area contributed by atoms with Gasteiger partial charge in [0.15, 0.2) is 5.78 Å². The Morgan fingerprint density at radius 1 is 1.35 bits per heavy atom. The van der Waals surface area contributed by atoms with Crippen LogP contribution in [0.1, 0.15) is 44.7 Å². The van der Waals surface area contributed by atoms with E-state index in [1.54, 1.807) is 7.11 Å². The first-order valence-corrected chi connectivity index (χ1v) is 8.39. The first-order chi connectivity index (χ1) is 10.8. The molecule has 2 atom stereocenters. The summed E-state index contributed by atoms with van der Waals surface area (Å²) in [5.74, 6) is 1.60. The number of hydrogen-bond donors (Lipinski definition) is 0. The number of methoxy groups -OCH3 is 1. The number of fused-ring (bicyclic) bond motifs is 2. The maximum atomic E-state index is 12.9. The molecule has 0 saturated heterocycles. The van der Waals surface area contributed by atoms with Crippen molar-refractivity contribution in [1.29, 1.82) is 0 Å². The minimum absolute atomic E-state index is 0.0618. The second kappa shape index (κ2) is 5.36. The number of carbonyl (C=O) groups excluding carboxylic acids is 1. The van der Waals surface area contributed by atoms with Gasteiger partial charge in [-0.25, -0.2) is 0 Å². The number of rotatable bonds is 4. The molecule has 2 fully saturated rings. The fourth-order valence-electron chi connectivity index (χ4n) is 4.48. The molecular formula is C21H26O2. The van der Waals surface area contributed by atoms with E-state index in [-0.39, 0.29) is 10.8 Å². The van der Waals surface area contributed by atoms with E-state index in [2.05, 4.69) is 39.5 Å². The minimum Gasteiger partial charge on any atom is -0.496 e. The lowest BCUT2D eigenvalue weighted by atomic mass is 9.70. The van der Waals surface area contributed by atoms with Crippen LogP contribution in [0.5, 0.6) is 5.75 Å². The normalized spacial score (nSPS) is 30.0. The number of allylic oxidation sites excluding steroid dienone is 2. The summed E-state index contributed by atoms with van der Waals surface area (Å²) in [5.41, 5.74) is 3.07. The monoisotopic (exact) mass is 310 g/mol. The fraction of sp³-hybridized carbons (Fsp3) is 0.476. The van der Waals surface area contributed by atoms with E-state index >= 15 is 0 Å². The van der Waals surface area contributed by atoms with E-state index in [1.807, 2.05) is 18.2 Å². The van der Waals surface area contributed by atoms with Crippen molar-refractivity contribution in [1.82, 2.24) is 0 Å². The largest absolute Gasteiger partial charge is 0.496 e. The molecule has 1 aromatic rings.